The van der Waals surface area contributed by atoms with Crippen LogP contribution in [0.5, 0.6) is 0 Å². The van der Waals surface area contributed by atoms with Gasteiger partial charge in [0, 0.05) is 11.3 Å². The Bertz CT molecular complexity index is 1550. The van der Waals surface area contributed by atoms with Gasteiger partial charge in [0.1, 0.15) is 0 Å². The van der Waals surface area contributed by atoms with Crippen molar-refractivity contribution >= 4 is 17.3 Å². The molecular weight excluding hydrogens is 460 g/mol. The SMILES string of the molecule is CC1=C(c2nc(-c3ccc(C)cc3)no2)C(c2ccc(C)c(C)c2)NC(=O)N1c1ccc2c(c1)CCC2. The Morgan fingerprint density at radius 1 is 0.892 bits per heavy atom. The zero-order chi connectivity index (χ0) is 25.7. The summed E-state index contributed by atoms with van der Waals surface area (Å²) in [7, 11) is 0. The minimum Gasteiger partial charge on any atom is -0.334 e. The molecule has 37 heavy (non-hydrogen) atoms. The summed E-state index contributed by atoms with van der Waals surface area (Å²) in [6, 6.07) is 20.1. The first-order chi connectivity index (χ1) is 17.9. The van der Waals surface area contributed by atoms with Crippen molar-refractivity contribution in [2.24, 2.45) is 0 Å². The number of urea groups is 1. The zero-order valence-corrected chi connectivity index (χ0v) is 21.6. The molecule has 3 aromatic carbocycles. The van der Waals surface area contributed by atoms with E-state index < -0.39 is 6.04 Å². The number of hydrogen-bond acceptors (Lipinski definition) is 4. The number of aromatic nitrogens is 2. The summed E-state index contributed by atoms with van der Waals surface area (Å²) < 4.78 is 5.86. The van der Waals surface area contributed by atoms with Gasteiger partial charge in [-0.2, -0.15) is 4.98 Å². The molecule has 6 rings (SSSR count). The Morgan fingerprint density at radius 2 is 1.68 bits per heavy atom. The molecule has 1 aliphatic heterocycles. The van der Waals surface area contributed by atoms with E-state index in [1.807, 2.05) is 44.2 Å². The predicted octanol–water partition coefficient (Wildman–Crippen LogP) is 6.85. The molecule has 1 aliphatic carbocycles. The zero-order valence-electron chi connectivity index (χ0n) is 21.6. The lowest BCUT2D eigenvalue weighted by molar-refractivity contribution is 0.244. The molecule has 186 valence electrons. The maximum absolute atomic E-state index is 13.6. The van der Waals surface area contributed by atoms with Gasteiger partial charge in [0.05, 0.1) is 17.3 Å². The van der Waals surface area contributed by atoms with Crippen LogP contribution in [0.4, 0.5) is 10.5 Å². The van der Waals surface area contributed by atoms with Gasteiger partial charge >= 0.3 is 6.03 Å². The van der Waals surface area contributed by atoms with Crippen LogP contribution in [-0.4, -0.2) is 16.2 Å². The number of carbonyl (C=O) groups is 1. The van der Waals surface area contributed by atoms with Gasteiger partial charge in [0.25, 0.3) is 5.89 Å². The van der Waals surface area contributed by atoms with Crippen molar-refractivity contribution in [2.75, 3.05) is 4.90 Å². The summed E-state index contributed by atoms with van der Waals surface area (Å²) in [4.78, 5) is 20.1. The number of hydrogen-bond donors (Lipinski definition) is 1. The number of nitrogens with zero attached hydrogens (tertiary/aromatic N) is 3. The van der Waals surface area contributed by atoms with E-state index in [1.54, 1.807) is 4.90 Å². The number of nitrogens with one attached hydrogen (secondary N) is 1. The summed E-state index contributed by atoms with van der Waals surface area (Å²) in [5.41, 5.74) is 10.5. The Kier molecular flexibility index (Phi) is 5.67. The van der Waals surface area contributed by atoms with Crippen LogP contribution in [0, 0.1) is 20.8 Å². The lowest BCUT2D eigenvalue weighted by atomic mass is 9.92. The fourth-order valence-electron chi connectivity index (χ4n) is 5.38. The number of fused-ring (bicyclic) bond motifs is 1. The van der Waals surface area contributed by atoms with Crippen LogP contribution in [0.1, 0.15) is 58.7 Å². The van der Waals surface area contributed by atoms with Crippen LogP contribution in [0.2, 0.25) is 0 Å². The summed E-state index contributed by atoms with van der Waals surface area (Å²) >= 11 is 0. The highest BCUT2D eigenvalue weighted by atomic mass is 16.5. The van der Waals surface area contributed by atoms with E-state index in [0.717, 1.165) is 52.9 Å². The van der Waals surface area contributed by atoms with Crippen molar-refractivity contribution in [1.29, 1.82) is 0 Å². The summed E-state index contributed by atoms with van der Waals surface area (Å²) in [5.74, 6) is 0.928. The van der Waals surface area contributed by atoms with E-state index in [-0.39, 0.29) is 6.03 Å². The molecule has 2 amide bonds. The second kappa shape index (κ2) is 9.04. The van der Waals surface area contributed by atoms with Crippen molar-refractivity contribution in [2.45, 2.75) is 53.0 Å². The smallest absolute Gasteiger partial charge is 0.326 e. The summed E-state index contributed by atoms with van der Waals surface area (Å²) in [5, 5.41) is 7.53. The lowest BCUT2D eigenvalue weighted by Gasteiger charge is -2.35. The molecule has 0 bridgehead atoms. The lowest BCUT2D eigenvalue weighted by Crippen LogP contribution is -2.46. The minimum atomic E-state index is -0.413. The third-order valence-corrected chi connectivity index (χ3v) is 7.66. The van der Waals surface area contributed by atoms with Gasteiger partial charge < -0.3 is 9.84 Å². The highest BCUT2D eigenvalue weighted by Gasteiger charge is 2.37. The largest absolute Gasteiger partial charge is 0.334 e. The fourth-order valence-corrected chi connectivity index (χ4v) is 5.38. The molecule has 0 spiro atoms. The standard InChI is InChI=1S/C31H30N4O2/c1-18-8-11-23(12-9-18)29-33-30(37-34-29)27-21(4)35(26-15-14-22-6-5-7-24(22)17-26)31(36)32-28(27)25-13-10-19(2)20(3)16-25/h8-17,28H,5-7H2,1-4H3,(H,32,36). The topological polar surface area (TPSA) is 71.3 Å². The van der Waals surface area contributed by atoms with Gasteiger partial charge in [0.2, 0.25) is 5.82 Å². The maximum atomic E-state index is 13.6. The second-order valence-corrected chi connectivity index (χ2v) is 10.2. The van der Waals surface area contributed by atoms with Crippen LogP contribution in [-0.2, 0) is 12.8 Å². The summed E-state index contributed by atoms with van der Waals surface area (Å²) in [6.45, 7) is 8.18. The van der Waals surface area contributed by atoms with E-state index >= 15 is 0 Å². The molecule has 6 nitrogen and oxygen atoms in total. The first-order valence-electron chi connectivity index (χ1n) is 12.8. The molecule has 1 atom stereocenters. The van der Waals surface area contributed by atoms with Crippen molar-refractivity contribution in [1.82, 2.24) is 15.5 Å². The molecule has 1 aromatic heterocycles. The molecule has 0 fully saturated rings. The predicted molar refractivity (Wildman–Crippen MR) is 145 cm³/mol. The van der Waals surface area contributed by atoms with Crippen molar-refractivity contribution in [3.05, 3.63) is 106 Å². The molecule has 1 N–H and O–H groups in total. The second-order valence-electron chi connectivity index (χ2n) is 10.2. The number of carbonyl (C=O) groups excluding carboxylic acids is 1. The van der Waals surface area contributed by atoms with Gasteiger partial charge in [-0.15, -0.1) is 0 Å². The monoisotopic (exact) mass is 490 g/mol. The number of amides is 2. The Balaban J connectivity index is 1.49. The van der Waals surface area contributed by atoms with E-state index in [9.17, 15) is 4.79 Å². The Labute approximate surface area is 217 Å². The van der Waals surface area contributed by atoms with Crippen LogP contribution in [0.3, 0.4) is 0 Å². The quantitative estimate of drug-likeness (QED) is 0.339. The number of aryl methyl sites for hydroxylation is 5. The molecule has 0 radical (unpaired) electrons. The first kappa shape index (κ1) is 23.2. The van der Waals surface area contributed by atoms with Gasteiger partial charge in [0.15, 0.2) is 0 Å². The summed E-state index contributed by atoms with van der Waals surface area (Å²) in [6.07, 6.45) is 3.30. The number of rotatable bonds is 4. The van der Waals surface area contributed by atoms with Gasteiger partial charge in [-0.1, -0.05) is 59.3 Å². The van der Waals surface area contributed by atoms with Crippen LogP contribution < -0.4 is 10.2 Å². The Morgan fingerprint density at radius 3 is 2.46 bits per heavy atom. The molecule has 1 unspecified atom stereocenters. The molecule has 4 aromatic rings. The van der Waals surface area contributed by atoms with Crippen LogP contribution >= 0.6 is 0 Å². The molecule has 6 heteroatoms. The molecule has 2 aliphatic rings. The first-order valence-corrected chi connectivity index (χ1v) is 12.8. The third-order valence-electron chi connectivity index (χ3n) is 7.66. The maximum Gasteiger partial charge on any atom is 0.326 e. The third kappa shape index (κ3) is 4.12. The average molecular weight is 491 g/mol. The molecule has 2 heterocycles. The minimum absolute atomic E-state index is 0.166. The van der Waals surface area contributed by atoms with Crippen molar-refractivity contribution < 1.29 is 9.32 Å². The van der Waals surface area contributed by atoms with Crippen molar-refractivity contribution in [3.8, 4) is 11.4 Å². The van der Waals surface area contributed by atoms with E-state index in [2.05, 4.69) is 54.7 Å². The number of allylic oxidation sites excluding steroid dienone is 1. The van der Waals surface area contributed by atoms with E-state index in [1.165, 1.54) is 22.3 Å². The van der Waals surface area contributed by atoms with E-state index in [4.69, 9.17) is 9.51 Å². The van der Waals surface area contributed by atoms with Crippen LogP contribution in [0.15, 0.2) is 70.9 Å². The highest BCUT2D eigenvalue weighted by Crippen LogP contribution is 2.40. The average Bonchev–Trinajstić information content (AvgIpc) is 3.55. The van der Waals surface area contributed by atoms with Crippen molar-refractivity contribution in [3.63, 3.8) is 0 Å². The van der Waals surface area contributed by atoms with Gasteiger partial charge in [-0.3, -0.25) is 4.90 Å². The molecular formula is C31H30N4O2. The highest BCUT2D eigenvalue weighted by molar-refractivity contribution is 6.01. The van der Waals surface area contributed by atoms with E-state index in [0.29, 0.717) is 11.7 Å². The number of benzene rings is 3. The van der Waals surface area contributed by atoms with Crippen LogP contribution in [0.25, 0.3) is 17.0 Å². The molecule has 0 saturated heterocycles. The Hall–Kier alpha value is -4.19. The van der Waals surface area contributed by atoms with Gasteiger partial charge in [-0.25, -0.2) is 4.79 Å². The molecule has 0 saturated carbocycles. The normalized spacial score (nSPS) is 17.2. The fraction of sp³-hybridized carbons (Fsp3) is 0.258. The number of anilines is 1. The van der Waals surface area contributed by atoms with Gasteiger partial charge in [-0.05, 0) is 86.9 Å².